The molecule has 100 valence electrons. The van der Waals surface area contributed by atoms with E-state index in [2.05, 4.69) is 5.32 Å². The van der Waals surface area contributed by atoms with Crippen molar-refractivity contribution < 1.29 is 9.90 Å². The standard InChI is InChI=1S/C13H11Cl2NO2S/c1-7(11-4-5-12(15)19-11)16-10-3-2-8(14)6-9(10)13(17)18/h2-7,16H,1H3,(H,17,18). The normalized spacial score (nSPS) is 12.2. The Morgan fingerprint density at radius 1 is 1.32 bits per heavy atom. The molecule has 0 amide bonds. The summed E-state index contributed by atoms with van der Waals surface area (Å²) in [7, 11) is 0. The minimum atomic E-state index is -1.01. The summed E-state index contributed by atoms with van der Waals surface area (Å²) < 4.78 is 0.707. The molecule has 2 aromatic rings. The molecule has 0 fully saturated rings. The summed E-state index contributed by atoms with van der Waals surface area (Å²) in [6.45, 7) is 1.95. The first kappa shape index (κ1) is 14.2. The molecule has 2 N–H and O–H groups in total. The van der Waals surface area contributed by atoms with E-state index in [0.29, 0.717) is 15.0 Å². The third kappa shape index (κ3) is 3.41. The summed E-state index contributed by atoms with van der Waals surface area (Å²) in [6.07, 6.45) is 0. The van der Waals surface area contributed by atoms with Crippen molar-refractivity contribution in [3.05, 3.63) is 50.1 Å². The summed E-state index contributed by atoms with van der Waals surface area (Å²) in [6, 6.07) is 8.46. The lowest BCUT2D eigenvalue weighted by atomic mass is 10.1. The zero-order valence-electron chi connectivity index (χ0n) is 9.98. The van der Waals surface area contributed by atoms with Crippen molar-refractivity contribution in [1.29, 1.82) is 0 Å². The fourth-order valence-corrected chi connectivity index (χ4v) is 2.92. The molecule has 2 rings (SSSR count). The van der Waals surface area contributed by atoms with E-state index >= 15 is 0 Å². The highest BCUT2D eigenvalue weighted by atomic mass is 35.5. The van der Waals surface area contributed by atoms with E-state index in [0.717, 1.165) is 4.88 Å². The summed E-state index contributed by atoms with van der Waals surface area (Å²) in [5, 5.41) is 12.7. The van der Waals surface area contributed by atoms with Crippen molar-refractivity contribution in [2.75, 3.05) is 5.32 Å². The Morgan fingerprint density at radius 3 is 2.63 bits per heavy atom. The van der Waals surface area contributed by atoms with Crippen molar-refractivity contribution in [1.82, 2.24) is 0 Å². The van der Waals surface area contributed by atoms with Gasteiger partial charge in [-0.05, 0) is 37.3 Å². The van der Waals surface area contributed by atoms with Gasteiger partial charge in [0.25, 0.3) is 0 Å². The quantitative estimate of drug-likeness (QED) is 0.841. The number of carboxylic acid groups (broad SMARTS) is 1. The number of hydrogen-bond donors (Lipinski definition) is 2. The largest absolute Gasteiger partial charge is 0.478 e. The van der Waals surface area contributed by atoms with E-state index in [1.54, 1.807) is 12.1 Å². The molecule has 1 aromatic heterocycles. The third-order valence-electron chi connectivity index (χ3n) is 2.60. The third-order valence-corrected chi connectivity index (χ3v) is 4.25. The lowest BCUT2D eigenvalue weighted by Crippen LogP contribution is -2.09. The molecule has 0 spiro atoms. The van der Waals surface area contributed by atoms with Crippen LogP contribution in [0.15, 0.2) is 30.3 Å². The predicted octanol–water partition coefficient (Wildman–Crippen LogP) is 4.93. The van der Waals surface area contributed by atoms with Crippen molar-refractivity contribution in [2.45, 2.75) is 13.0 Å². The Kier molecular flexibility index (Phi) is 4.34. The molecule has 3 nitrogen and oxygen atoms in total. The SMILES string of the molecule is CC(Nc1ccc(Cl)cc1C(=O)O)c1ccc(Cl)s1. The Hall–Kier alpha value is -1.23. The zero-order chi connectivity index (χ0) is 14.0. The maximum absolute atomic E-state index is 11.2. The smallest absolute Gasteiger partial charge is 0.337 e. The molecule has 0 saturated carbocycles. The molecule has 6 heteroatoms. The molecular weight excluding hydrogens is 305 g/mol. The lowest BCUT2D eigenvalue weighted by molar-refractivity contribution is 0.0698. The number of carboxylic acids is 1. The fraction of sp³-hybridized carbons (Fsp3) is 0.154. The number of nitrogens with one attached hydrogen (secondary N) is 1. The molecule has 1 heterocycles. The zero-order valence-corrected chi connectivity index (χ0v) is 12.3. The topological polar surface area (TPSA) is 49.3 Å². The number of halogens is 2. The predicted molar refractivity (Wildman–Crippen MR) is 79.8 cm³/mol. The van der Waals surface area contributed by atoms with Crippen LogP contribution in [0, 0.1) is 0 Å². The van der Waals surface area contributed by atoms with Crippen LogP contribution in [0.3, 0.4) is 0 Å². The van der Waals surface area contributed by atoms with Crippen LogP contribution in [-0.2, 0) is 0 Å². The van der Waals surface area contributed by atoms with Gasteiger partial charge in [0.2, 0.25) is 0 Å². The monoisotopic (exact) mass is 315 g/mol. The van der Waals surface area contributed by atoms with Gasteiger partial charge in [-0.2, -0.15) is 0 Å². The number of carbonyl (C=O) groups is 1. The minimum Gasteiger partial charge on any atom is -0.478 e. The van der Waals surface area contributed by atoms with Crippen LogP contribution in [0.4, 0.5) is 5.69 Å². The molecule has 1 atom stereocenters. The Labute approximate surface area is 124 Å². The van der Waals surface area contributed by atoms with Gasteiger partial charge in [-0.1, -0.05) is 23.2 Å². The molecule has 1 aromatic carbocycles. The fourth-order valence-electron chi connectivity index (χ4n) is 1.68. The summed E-state index contributed by atoms with van der Waals surface area (Å²) in [5.74, 6) is -1.01. The molecule has 1 unspecified atom stereocenters. The minimum absolute atomic E-state index is 0.0308. The van der Waals surface area contributed by atoms with Gasteiger partial charge in [0.15, 0.2) is 0 Å². The van der Waals surface area contributed by atoms with Crippen LogP contribution in [-0.4, -0.2) is 11.1 Å². The number of benzene rings is 1. The van der Waals surface area contributed by atoms with Crippen molar-refractivity contribution in [3.63, 3.8) is 0 Å². The van der Waals surface area contributed by atoms with Crippen molar-refractivity contribution in [3.8, 4) is 0 Å². The average Bonchev–Trinajstić information content (AvgIpc) is 2.78. The van der Waals surface area contributed by atoms with Gasteiger partial charge >= 0.3 is 5.97 Å². The average molecular weight is 316 g/mol. The Balaban J connectivity index is 2.26. The van der Waals surface area contributed by atoms with Crippen LogP contribution in [0.25, 0.3) is 0 Å². The number of thiophene rings is 1. The van der Waals surface area contributed by atoms with E-state index < -0.39 is 5.97 Å². The van der Waals surface area contributed by atoms with Gasteiger partial charge in [0.05, 0.1) is 15.9 Å². The number of anilines is 1. The molecule has 0 aliphatic heterocycles. The highest BCUT2D eigenvalue weighted by molar-refractivity contribution is 7.16. The van der Waals surface area contributed by atoms with Gasteiger partial charge in [-0.15, -0.1) is 11.3 Å². The molecule has 0 aliphatic carbocycles. The molecule has 19 heavy (non-hydrogen) atoms. The summed E-state index contributed by atoms with van der Waals surface area (Å²) >= 11 is 13.2. The maximum Gasteiger partial charge on any atom is 0.337 e. The second kappa shape index (κ2) is 5.82. The van der Waals surface area contributed by atoms with Gasteiger partial charge in [0, 0.05) is 15.6 Å². The van der Waals surface area contributed by atoms with Gasteiger partial charge in [-0.3, -0.25) is 0 Å². The van der Waals surface area contributed by atoms with Gasteiger partial charge < -0.3 is 10.4 Å². The number of rotatable bonds is 4. The van der Waals surface area contributed by atoms with E-state index in [4.69, 9.17) is 28.3 Å². The highest BCUT2D eigenvalue weighted by Crippen LogP contribution is 2.30. The first-order valence-electron chi connectivity index (χ1n) is 5.52. The Morgan fingerprint density at radius 2 is 2.05 bits per heavy atom. The van der Waals surface area contributed by atoms with E-state index in [1.807, 2.05) is 19.1 Å². The number of hydrogen-bond acceptors (Lipinski definition) is 3. The van der Waals surface area contributed by atoms with Crippen LogP contribution in [0.2, 0.25) is 9.36 Å². The molecular formula is C13H11Cl2NO2S. The maximum atomic E-state index is 11.2. The molecule has 0 bridgehead atoms. The van der Waals surface area contributed by atoms with Gasteiger partial charge in [0.1, 0.15) is 0 Å². The lowest BCUT2D eigenvalue weighted by Gasteiger charge is -2.15. The van der Waals surface area contributed by atoms with E-state index in [1.165, 1.54) is 17.4 Å². The van der Waals surface area contributed by atoms with Gasteiger partial charge in [-0.25, -0.2) is 4.79 Å². The molecule has 0 radical (unpaired) electrons. The van der Waals surface area contributed by atoms with Crippen LogP contribution < -0.4 is 5.32 Å². The first-order chi connectivity index (χ1) is 8.97. The summed E-state index contributed by atoms with van der Waals surface area (Å²) in [4.78, 5) is 12.2. The van der Waals surface area contributed by atoms with Crippen LogP contribution in [0.5, 0.6) is 0 Å². The van der Waals surface area contributed by atoms with Crippen LogP contribution >= 0.6 is 34.5 Å². The van der Waals surface area contributed by atoms with Crippen LogP contribution in [0.1, 0.15) is 28.2 Å². The molecule has 0 aliphatic rings. The Bertz CT molecular complexity index is 612. The van der Waals surface area contributed by atoms with E-state index in [-0.39, 0.29) is 11.6 Å². The molecule has 0 saturated heterocycles. The number of aromatic carboxylic acids is 1. The second-order valence-corrected chi connectivity index (χ2v) is 6.19. The van der Waals surface area contributed by atoms with Crippen molar-refractivity contribution >= 4 is 46.2 Å². The summed E-state index contributed by atoms with van der Waals surface area (Å²) in [5.41, 5.74) is 0.691. The van der Waals surface area contributed by atoms with Crippen molar-refractivity contribution in [2.24, 2.45) is 0 Å². The van der Waals surface area contributed by atoms with E-state index in [9.17, 15) is 4.79 Å². The second-order valence-electron chi connectivity index (χ2n) is 4.00. The first-order valence-corrected chi connectivity index (χ1v) is 7.09. The highest BCUT2D eigenvalue weighted by Gasteiger charge is 2.14.